The van der Waals surface area contributed by atoms with Crippen molar-refractivity contribution in [3.8, 4) is 28.3 Å². The van der Waals surface area contributed by atoms with Gasteiger partial charge in [0.1, 0.15) is 17.0 Å². The van der Waals surface area contributed by atoms with Crippen LogP contribution in [0, 0.1) is 5.92 Å². The third-order valence-electron chi connectivity index (χ3n) is 12.4. The number of aliphatic hydroxyl groups is 1. The highest BCUT2D eigenvalue weighted by Gasteiger charge is 2.30. The number of methoxy groups -OCH3 is 2. The molecule has 0 unspecified atom stereocenters. The monoisotopic (exact) mass is 884 g/mol. The zero-order valence-corrected chi connectivity index (χ0v) is 36.4. The lowest BCUT2D eigenvalue weighted by Crippen LogP contribution is -2.47. The highest BCUT2D eigenvalue weighted by Crippen LogP contribution is 2.41. The van der Waals surface area contributed by atoms with E-state index in [4.69, 9.17) is 30.9 Å². The molecule has 3 N–H and O–H groups in total. The van der Waals surface area contributed by atoms with Crippen LogP contribution in [0.3, 0.4) is 0 Å². The minimum Gasteiger partial charge on any atom is -0.496 e. The normalized spacial score (nSPS) is 19.3. The Kier molecular flexibility index (Phi) is 13.3. The van der Waals surface area contributed by atoms with Crippen molar-refractivity contribution in [2.24, 2.45) is 5.92 Å². The van der Waals surface area contributed by atoms with Gasteiger partial charge >= 0.3 is 5.97 Å². The number of carboxylic acids is 1. The van der Waals surface area contributed by atoms with Crippen molar-refractivity contribution in [3.05, 3.63) is 89.0 Å². The summed E-state index contributed by atoms with van der Waals surface area (Å²) in [6, 6.07) is 17.1. The van der Waals surface area contributed by atoms with Crippen LogP contribution in [0.2, 0.25) is 5.02 Å². The highest BCUT2D eigenvalue weighted by atomic mass is 35.5. The molecule has 0 spiro atoms. The number of hydrogen-bond donors (Lipinski definition) is 3. The Labute approximate surface area is 368 Å². The van der Waals surface area contributed by atoms with E-state index in [1.54, 1.807) is 43.4 Å². The van der Waals surface area contributed by atoms with Crippen molar-refractivity contribution in [3.63, 3.8) is 0 Å². The maximum atomic E-state index is 14.3. The molecule has 2 fully saturated rings. The molecular weight excluding hydrogens is 834 g/mol. The number of anilines is 2. The summed E-state index contributed by atoms with van der Waals surface area (Å²) < 4.78 is 47.6. The van der Waals surface area contributed by atoms with Gasteiger partial charge in [0.2, 0.25) is 0 Å². The molecule has 63 heavy (non-hydrogen) atoms. The van der Waals surface area contributed by atoms with E-state index < -0.39 is 24.3 Å². The number of pyridine rings is 1. The van der Waals surface area contributed by atoms with Crippen LogP contribution in [0.15, 0.2) is 67.0 Å². The molecule has 2 atom stereocenters. The Bertz CT molecular complexity index is 2580. The lowest BCUT2D eigenvalue weighted by Gasteiger charge is -2.35. The van der Waals surface area contributed by atoms with Crippen LogP contribution in [0.4, 0.5) is 20.3 Å². The first-order chi connectivity index (χ1) is 30.4. The highest BCUT2D eigenvalue weighted by molar-refractivity contribution is 6.36. The summed E-state index contributed by atoms with van der Waals surface area (Å²) in [6.45, 7) is 1.88. The van der Waals surface area contributed by atoms with E-state index in [2.05, 4.69) is 30.1 Å². The number of carboxylic acid groups (broad SMARTS) is 1. The second-order valence-corrected chi connectivity index (χ2v) is 16.8. The number of aliphatic hydroxyl groups excluding tert-OH is 1. The molecule has 14 nitrogen and oxygen atoms in total. The number of hydrogen-bond acceptors (Lipinski definition) is 12. The van der Waals surface area contributed by atoms with Gasteiger partial charge in [-0.15, -0.1) is 0 Å². The van der Waals surface area contributed by atoms with Crippen LogP contribution in [0.1, 0.15) is 61.9 Å². The molecule has 3 aromatic heterocycles. The molecule has 0 amide bonds. The number of aliphatic carboxylic acids is 1. The summed E-state index contributed by atoms with van der Waals surface area (Å²) in [5.41, 5.74) is 5.65. The molecule has 17 heteroatoms. The summed E-state index contributed by atoms with van der Waals surface area (Å²) in [5.74, 6) is 0.107. The molecule has 1 aliphatic heterocycles. The van der Waals surface area contributed by atoms with Gasteiger partial charge in [0.05, 0.1) is 66.1 Å². The molecule has 0 radical (unpaired) electrons. The Morgan fingerprint density at radius 1 is 0.968 bits per heavy atom. The third-order valence-corrected chi connectivity index (χ3v) is 12.8. The first-order valence-corrected chi connectivity index (χ1v) is 21.4. The molecule has 332 valence electrons. The fraction of sp³-hybridized carbons (Fsp3) is 0.413. The van der Waals surface area contributed by atoms with Gasteiger partial charge in [-0.25, -0.2) is 23.4 Å². The maximum absolute atomic E-state index is 14.3. The Hall–Kier alpha value is -5.52. The first-order valence-electron chi connectivity index (χ1n) is 21.0. The number of carbonyl (C=O) groups is 1. The SMILES string of the molecule is COc1cc(-n2ncc3c(-c4cccc(Nc5nc(C(F)F)nc6cc(CN(C)C7CCC(CC(=O)O)CC7)cnc56)c4Cl)cccc32)cc(OC)c1CN(C)[C@@H]1CCOC[C@@H]1O. The van der Waals surface area contributed by atoms with Crippen molar-refractivity contribution in [2.45, 2.75) is 76.2 Å². The number of aromatic nitrogens is 5. The number of fused-ring (bicyclic) bond motifs is 2. The van der Waals surface area contributed by atoms with E-state index in [0.717, 1.165) is 53.3 Å². The van der Waals surface area contributed by atoms with Crippen LogP contribution in [-0.2, 0) is 22.6 Å². The van der Waals surface area contributed by atoms with Crippen molar-refractivity contribution < 1.29 is 38.0 Å². The van der Waals surface area contributed by atoms with Crippen LogP contribution in [-0.4, -0.2) is 110 Å². The van der Waals surface area contributed by atoms with Crippen LogP contribution in [0.5, 0.6) is 11.5 Å². The maximum Gasteiger partial charge on any atom is 0.303 e. The van der Waals surface area contributed by atoms with Crippen molar-refractivity contribution in [1.29, 1.82) is 0 Å². The van der Waals surface area contributed by atoms with Gasteiger partial charge in [0, 0.05) is 67.5 Å². The molecule has 3 aromatic carbocycles. The number of alkyl halides is 2. The van der Waals surface area contributed by atoms with Gasteiger partial charge in [-0.3, -0.25) is 19.6 Å². The molecule has 1 saturated carbocycles. The third kappa shape index (κ3) is 9.41. The number of nitrogens with one attached hydrogen (secondary N) is 1. The standard InChI is InChI=1S/C46H51ClF2N8O6/c1-55(28-13-11-26(12-14-28)18-41(59)60)23-27-17-35-43(50-21-27)45(54-46(53-35)44(48)49)52-34-9-5-8-31(42(34)47)30-7-6-10-36-32(30)22-51-57(36)29-19-39(61-3)33(40(20-29)62-4)24-56(2)37-15-16-63-25-38(37)58/h5-10,17,19-22,26,28,37-38,44,58H,11-16,18,23-25H2,1-4H3,(H,59,60)(H,52,53,54)/t26?,28?,37-,38+/m1/s1. The summed E-state index contributed by atoms with van der Waals surface area (Å²) >= 11 is 7.17. The average Bonchev–Trinajstić information content (AvgIpc) is 3.72. The van der Waals surface area contributed by atoms with Crippen molar-refractivity contribution in [2.75, 3.05) is 46.8 Å². The van der Waals surface area contributed by atoms with Crippen LogP contribution < -0.4 is 14.8 Å². The van der Waals surface area contributed by atoms with Crippen LogP contribution in [0.25, 0.3) is 38.8 Å². The molecule has 8 rings (SSSR count). The lowest BCUT2D eigenvalue weighted by molar-refractivity contribution is -0.138. The van der Waals surface area contributed by atoms with Gasteiger partial charge in [0.25, 0.3) is 6.43 Å². The zero-order valence-electron chi connectivity index (χ0n) is 35.6. The molecule has 2 aliphatic rings. The predicted molar refractivity (Wildman–Crippen MR) is 236 cm³/mol. The molecule has 6 aromatic rings. The summed E-state index contributed by atoms with van der Waals surface area (Å²) in [7, 11) is 7.20. The largest absolute Gasteiger partial charge is 0.496 e. The summed E-state index contributed by atoms with van der Waals surface area (Å²) in [5, 5.41) is 28.9. The van der Waals surface area contributed by atoms with E-state index in [-0.39, 0.29) is 35.8 Å². The van der Waals surface area contributed by atoms with Gasteiger partial charge in [-0.05, 0) is 81.4 Å². The van der Waals surface area contributed by atoms with Gasteiger partial charge < -0.3 is 29.7 Å². The van der Waals surface area contributed by atoms with Crippen LogP contribution >= 0.6 is 11.6 Å². The fourth-order valence-electron chi connectivity index (χ4n) is 9.10. The smallest absolute Gasteiger partial charge is 0.303 e. The molecule has 4 heterocycles. The Morgan fingerprint density at radius 3 is 2.40 bits per heavy atom. The van der Waals surface area contributed by atoms with E-state index in [0.29, 0.717) is 71.7 Å². The van der Waals surface area contributed by atoms with E-state index in [1.165, 1.54) is 0 Å². The summed E-state index contributed by atoms with van der Waals surface area (Å²) in [4.78, 5) is 28.5. The Morgan fingerprint density at radius 2 is 1.70 bits per heavy atom. The topological polar surface area (TPSA) is 160 Å². The summed E-state index contributed by atoms with van der Waals surface area (Å²) in [6.07, 6.45) is 4.33. The second kappa shape index (κ2) is 19.1. The first kappa shape index (κ1) is 44.1. The number of ether oxygens (including phenoxy) is 3. The second-order valence-electron chi connectivity index (χ2n) is 16.5. The predicted octanol–water partition coefficient (Wildman–Crippen LogP) is 8.43. The van der Waals surface area contributed by atoms with E-state index in [1.807, 2.05) is 56.6 Å². The van der Waals surface area contributed by atoms with Gasteiger partial charge in [0.15, 0.2) is 11.6 Å². The van der Waals surface area contributed by atoms with E-state index >= 15 is 0 Å². The van der Waals surface area contributed by atoms with Gasteiger partial charge in [-0.1, -0.05) is 35.9 Å². The van der Waals surface area contributed by atoms with E-state index in [9.17, 15) is 23.8 Å². The van der Waals surface area contributed by atoms with Crippen molar-refractivity contribution in [1.82, 2.24) is 34.5 Å². The number of rotatable bonds is 15. The Balaban J connectivity index is 1.06. The number of benzene rings is 3. The minimum absolute atomic E-state index is 0.0728. The van der Waals surface area contributed by atoms with Gasteiger partial charge in [-0.2, -0.15) is 5.10 Å². The number of halogens is 3. The molecule has 1 aliphatic carbocycles. The molecule has 0 bridgehead atoms. The number of nitrogens with zero attached hydrogens (tertiary/aromatic N) is 7. The quantitative estimate of drug-likeness (QED) is 0.0903. The van der Waals surface area contributed by atoms with Crippen molar-refractivity contribution >= 4 is 51.0 Å². The average molecular weight is 885 g/mol. The molecule has 1 saturated heterocycles. The zero-order chi connectivity index (χ0) is 44.4. The minimum atomic E-state index is -2.93. The molecular formula is C46H51ClF2N8O6. The fourth-order valence-corrected chi connectivity index (χ4v) is 9.37. The lowest BCUT2D eigenvalue weighted by atomic mass is 9.83. The number of likely N-dealkylation sites (N-methyl/N-ethyl adjacent to an activating group) is 1.